The van der Waals surface area contributed by atoms with Gasteiger partial charge in [0.2, 0.25) is 0 Å². The summed E-state index contributed by atoms with van der Waals surface area (Å²) in [6, 6.07) is 3.54. The smallest absolute Gasteiger partial charge is 0.166 e. The number of morpholine rings is 1. The van der Waals surface area contributed by atoms with Crippen molar-refractivity contribution < 1.29 is 9.84 Å². The number of hydrogen-bond donors (Lipinski definition) is 3. The highest BCUT2D eigenvalue weighted by Crippen LogP contribution is 2.18. The van der Waals surface area contributed by atoms with Crippen molar-refractivity contribution in [3.63, 3.8) is 0 Å². The fraction of sp³-hybridized carbons (Fsp3) is 0.500. The van der Waals surface area contributed by atoms with Crippen LogP contribution in [0.1, 0.15) is 0 Å². The van der Waals surface area contributed by atoms with Gasteiger partial charge in [-0.25, -0.2) is 15.0 Å². The Labute approximate surface area is 128 Å². The fourth-order valence-corrected chi connectivity index (χ4v) is 2.46. The predicted octanol–water partition coefficient (Wildman–Crippen LogP) is -0.288. The third-order valence-electron chi connectivity index (χ3n) is 3.60. The van der Waals surface area contributed by atoms with Gasteiger partial charge in [0.1, 0.15) is 18.0 Å². The summed E-state index contributed by atoms with van der Waals surface area (Å²) in [4.78, 5) is 14.7. The molecule has 8 heteroatoms. The van der Waals surface area contributed by atoms with Gasteiger partial charge in [-0.1, -0.05) is 0 Å². The van der Waals surface area contributed by atoms with Crippen LogP contribution < -0.4 is 11.1 Å². The fourth-order valence-electron chi connectivity index (χ4n) is 2.46. The number of nitrogens with one attached hydrogen (secondary N) is 1. The van der Waals surface area contributed by atoms with Crippen molar-refractivity contribution in [2.45, 2.75) is 6.10 Å². The predicted molar refractivity (Wildman–Crippen MR) is 83.5 cm³/mol. The molecule has 0 saturated carbocycles. The van der Waals surface area contributed by atoms with Gasteiger partial charge in [-0.15, -0.1) is 0 Å². The molecule has 0 spiro atoms. The van der Waals surface area contributed by atoms with E-state index in [0.717, 1.165) is 31.7 Å². The van der Waals surface area contributed by atoms with E-state index in [1.807, 2.05) is 6.07 Å². The Bertz CT molecular complexity index is 632. The quantitative estimate of drug-likeness (QED) is 0.691. The number of aromatic nitrogens is 3. The van der Waals surface area contributed by atoms with Crippen molar-refractivity contribution >= 4 is 22.7 Å². The molecule has 2 aromatic heterocycles. The van der Waals surface area contributed by atoms with E-state index in [2.05, 4.69) is 25.2 Å². The first kappa shape index (κ1) is 14.9. The van der Waals surface area contributed by atoms with Crippen LogP contribution in [0.5, 0.6) is 0 Å². The third kappa shape index (κ3) is 3.59. The number of aliphatic hydroxyl groups excluding tert-OH is 1. The number of hydrogen-bond acceptors (Lipinski definition) is 8. The van der Waals surface area contributed by atoms with Gasteiger partial charge in [0.15, 0.2) is 5.65 Å². The molecule has 1 saturated heterocycles. The van der Waals surface area contributed by atoms with E-state index in [1.165, 1.54) is 6.33 Å². The lowest BCUT2D eigenvalue weighted by molar-refractivity contribution is 0.0171. The van der Waals surface area contributed by atoms with Crippen LogP contribution in [0, 0.1) is 0 Å². The Morgan fingerprint density at radius 2 is 2.14 bits per heavy atom. The minimum absolute atomic E-state index is 0.411. The molecule has 1 unspecified atom stereocenters. The molecule has 0 aliphatic carbocycles. The van der Waals surface area contributed by atoms with Crippen molar-refractivity contribution in [1.29, 1.82) is 0 Å². The molecular weight excluding hydrogens is 284 g/mol. The van der Waals surface area contributed by atoms with Crippen LogP contribution in [-0.2, 0) is 4.74 Å². The normalized spacial score (nSPS) is 17.5. The zero-order valence-electron chi connectivity index (χ0n) is 12.3. The summed E-state index contributed by atoms with van der Waals surface area (Å²) in [5, 5.41) is 14.1. The molecule has 1 fully saturated rings. The van der Waals surface area contributed by atoms with Gasteiger partial charge in [-0.05, 0) is 12.1 Å². The molecule has 1 aliphatic rings. The third-order valence-corrected chi connectivity index (χ3v) is 3.60. The molecule has 1 atom stereocenters. The molecule has 22 heavy (non-hydrogen) atoms. The average Bonchev–Trinajstić information content (AvgIpc) is 2.53. The van der Waals surface area contributed by atoms with Crippen LogP contribution >= 0.6 is 0 Å². The number of anilines is 2. The van der Waals surface area contributed by atoms with Crippen LogP contribution in [0.15, 0.2) is 18.5 Å². The summed E-state index contributed by atoms with van der Waals surface area (Å²) < 4.78 is 5.30. The SMILES string of the molecule is Nc1ccc2c(NCC(O)CN3CCOCC3)ncnc2n1. The molecule has 1 aliphatic heterocycles. The molecule has 0 amide bonds. The summed E-state index contributed by atoms with van der Waals surface area (Å²) >= 11 is 0. The van der Waals surface area contributed by atoms with E-state index in [1.54, 1.807) is 6.07 Å². The van der Waals surface area contributed by atoms with Crippen LogP contribution in [0.3, 0.4) is 0 Å². The molecule has 118 valence electrons. The van der Waals surface area contributed by atoms with E-state index in [4.69, 9.17) is 10.5 Å². The number of β-amino-alcohol motifs (C(OH)–C–C–N with tert-alkyl or cyclic N) is 1. The average molecular weight is 304 g/mol. The maximum absolute atomic E-state index is 10.2. The Balaban J connectivity index is 1.61. The zero-order valence-corrected chi connectivity index (χ0v) is 12.3. The number of rotatable bonds is 5. The van der Waals surface area contributed by atoms with Gasteiger partial charge < -0.3 is 20.9 Å². The highest BCUT2D eigenvalue weighted by Gasteiger charge is 2.15. The zero-order chi connectivity index (χ0) is 15.4. The monoisotopic (exact) mass is 304 g/mol. The molecule has 0 radical (unpaired) electrons. The highest BCUT2D eigenvalue weighted by molar-refractivity contribution is 5.87. The minimum Gasteiger partial charge on any atom is -0.390 e. The number of nitrogens with zero attached hydrogens (tertiary/aromatic N) is 4. The molecule has 4 N–H and O–H groups in total. The summed E-state index contributed by atoms with van der Waals surface area (Å²) in [6.07, 6.45) is 0.954. The van der Waals surface area contributed by atoms with Gasteiger partial charge in [0.05, 0.1) is 24.7 Å². The number of ether oxygens (including phenoxy) is 1. The van der Waals surface area contributed by atoms with E-state index >= 15 is 0 Å². The Kier molecular flexibility index (Phi) is 4.62. The highest BCUT2D eigenvalue weighted by atomic mass is 16.5. The van der Waals surface area contributed by atoms with E-state index in [-0.39, 0.29) is 0 Å². The lowest BCUT2D eigenvalue weighted by Gasteiger charge is -2.28. The summed E-state index contributed by atoms with van der Waals surface area (Å²) in [5.41, 5.74) is 6.19. The maximum Gasteiger partial charge on any atom is 0.166 e. The first-order valence-corrected chi connectivity index (χ1v) is 7.31. The second-order valence-electron chi connectivity index (χ2n) is 5.28. The van der Waals surface area contributed by atoms with Gasteiger partial charge in [0.25, 0.3) is 0 Å². The molecule has 0 bridgehead atoms. The van der Waals surface area contributed by atoms with Crippen LogP contribution in [0.4, 0.5) is 11.6 Å². The van der Waals surface area contributed by atoms with Crippen molar-refractivity contribution in [2.24, 2.45) is 0 Å². The van der Waals surface area contributed by atoms with E-state index < -0.39 is 6.10 Å². The first-order valence-electron chi connectivity index (χ1n) is 7.31. The Hall–Kier alpha value is -2.03. The van der Waals surface area contributed by atoms with E-state index in [9.17, 15) is 5.11 Å². The lowest BCUT2D eigenvalue weighted by atomic mass is 10.2. The van der Waals surface area contributed by atoms with Crippen molar-refractivity contribution in [3.8, 4) is 0 Å². The first-order chi connectivity index (χ1) is 10.7. The largest absolute Gasteiger partial charge is 0.390 e. The summed E-state index contributed by atoms with van der Waals surface area (Å²) in [7, 11) is 0. The number of nitrogens with two attached hydrogens (primary N) is 1. The standard InChI is InChI=1S/C14H20N6O2/c15-12-2-1-11-13(17-9-18-14(11)19-12)16-7-10(21)8-20-3-5-22-6-4-20/h1-2,9-10,21H,3-8H2,(H3,15,16,17,18,19). The second kappa shape index (κ2) is 6.82. The number of aliphatic hydroxyl groups is 1. The molecule has 3 heterocycles. The van der Waals surface area contributed by atoms with Crippen molar-refractivity contribution in [2.75, 3.05) is 50.4 Å². The van der Waals surface area contributed by atoms with Crippen LogP contribution in [-0.4, -0.2) is 70.5 Å². The van der Waals surface area contributed by atoms with Gasteiger partial charge in [0, 0.05) is 26.2 Å². The maximum atomic E-state index is 10.2. The second-order valence-corrected chi connectivity index (χ2v) is 5.28. The summed E-state index contributed by atoms with van der Waals surface area (Å²) in [5.74, 6) is 1.07. The van der Waals surface area contributed by atoms with Crippen LogP contribution in [0.2, 0.25) is 0 Å². The number of pyridine rings is 1. The van der Waals surface area contributed by atoms with Gasteiger partial charge in [-0.3, -0.25) is 4.90 Å². The van der Waals surface area contributed by atoms with E-state index in [0.29, 0.717) is 30.4 Å². The van der Waals surface area contributed by atoms with Crippen molar-refractivity contribution in [1.82, 2.24) is 19.9 Å². The van der Waals surface area contributed by atoms with Crippen LogP contribution in [0.25, 0.3) is 11.0 Å². The van der Waals surface area contributed by atoms with Gasteiger partial charge >= 0.3 is 0 Å². The minimum atomic E-state index is -0.482. The van der Waals surface area contributed by atoms with Gasteiger partial charge in [-0.2, -0.15) is 0 Å². The lowest BCUT2D eigenvalue weighted by Crippen LogP contribution is -2.42. The topological polar surface area (TPSA) is 109 Å². The Morgan fingerprint density at radius 3 is 2.95 bits per heavy atom. The molecule has 0 aromatic carbocycles. The molecule has 8 nitrogen and oxygen atoms in total. The number of fused-ring (bicyclic) bond motifs is 1. The molecular formula is C14H20N6O2. The molecule has 3 rings (SSSR count). The number of nitrogen functional groups attached to an aromatic ring is 1. The summed E-state index contributed by atoms with van der Waals surface area (Å²) in [6.45, 7) is 4.19. The Morgan fingerprint density at radius 1 is 1.32 bits per heavy atom. The van der Waals surface area contributed by atoms with Crippen molar-refractivity contribution in [3.05, 3.63) is 18.5 Å². The molecule has 2 aromatic rings.